The molecule has 0 aromatic heterocycles. The molecule has 4 heteroatoms. The van der Waals surface area contributed by atoms with Crippen LogP contribution in [0.3, 0.4) is 0 Å². The van der Waals surface area contributed by atoms with Crippen LogP contribution in [-0.4, -0.2) is 19.7 Å². The van der Waals surface area contributed by atoms with Crippen LogP contribution in [0.2, 0.25) is 0 Å². The van der Waals surface area contributed by atoms with Crippen molar-refractivity contribution < 1.29 is 14.3 Å². The molecular formula is C16H21NO3. The number of esters is 1. The molecule has 0 unspecified atom stereocenters. The van der Waals surface area contributed by atoms with Gasteiger partial charge in [-0.15, -0.1) is 0 Å². The normalized spacial score (nSPS) is 10.9. The summed E-state index contributed by atoms with van der Waals surface area (Å²) in [4.78, 5) is 11.5. The lowest BCUT2D eigenvalue weighted by atomic mass is 9.90. The summed E-state index contributed by atoms with van der Waals surface area (Å²) >= 11 is 0. The molecule has 0 aliphatic carbocycles. The molecule has 0 amide bonds. The molecule has 0 aliphatic rings. The molecule has 0 atom stereocenters. The maximum Gasteiger partial charge on any atom is 0.311 e. The predicted molar refractivity (Wildman–Crippen MR) is 75.8 cm³/mol. The van der Waals surface area contributed by atoms with Gasteiger partial charge in [0.25, 0.3) is 0 Å². The van der Waals surface area contributed by atoms with E-state index in [9.17, 15) is 4.79 Å². The highest BCUT2D eigenvalue weighted by atomic mass is 16.5. The first-order valence-corrected chi connectivity index (χ1v) is 6.61. The quantitative estimate of drug-likeness (QED) is 0.567. The van der Waals surface area contributed by atoms with Gasteiger partial charge in [0.05, 0.1) is 31.6 Å². The predicted octanol–water partition coefficient (Wildman–Crippen LogP) is 2.86. The summed E-state index contributed by atoms with van der Waals surface area (Å²) < 4.78 is 10.4. The van der Waals surface area contributed by atoms with Crippen molar-refractivity contribution in [2.24, 2.45) is 5.41 Å². The van der Waals surface area contributed by atoms with E-state index in [-0.39, 0.29) is 5.97 Å². The van der Waals surface area contributed by atoms with Crippen LogP contribution in [0, 0.1) is 16.7 Å². The Kier molecular flexibility index (Phi) is 6.20. The average Bonchev–Trinajstić information content (AvgIpc) is 2.44. The highest BCUT2D eigenvalue weighted by molar-refractivity contribution is 5.75. The number of nitriles is 1. The van der Waals surface area contributed by atoms with Gasteiger partial charge in [0.15, 0.2) is 0 Å². The summed E-state index contributed by atoms with van der Waals surface area (Å²) in [6.45, 7) is 4.61. The summed E-state index contributed by atoms with van der Waals surface area (Å²) in [5.41, 5.74) is 1.47. The van der Waals surface area contributed by atoms with E-state index in [0.717, 1.165) is 11.1 Å². The van der Waals surface area contributed by atoms with Crippen LogP contribution in [0.1, 0.15) is 31.4 Å². The SMILES string of the molecule is COC(=O)C(C)(C)CCOCc1ccccc1CC#N. The second-order valence-electron chi connectivity index (χ2n) is 5.28. The topological polar surface area (TPSA) is 59.3 Å². The zero-order valence-corrected chi connectivity index (χ0v) is 12.3. The number of carbonyl (C=O) groups excluding carboxylic acids is 1. The van der Waals surface area contributed by atoms with E-state index in [1.54, 1.807) is 0 Å². The zero-order chi connectivity index (χ0) is 15.0. The number of ether oxygens (including phenoxy) is 2. The average molecular weight is 275 g/mol. The second-order valence-corrected chi connectivity index (χ2v) is 5.28. The molecule has 0 fully saturated rings. The molecule has 108 valence electrons. The summed E-state index contributed by atoms with van der Waals surface area (Å²) in [7, 11) is 1.39. The van der Waals surface area contributed by atoms with Crippen molar-refractivity contribution in [3.63, 3.8) is 0 Å². The fourth-order valence-corrected chi connectivity index (χ4v) is 1.84. The Balaban J connectivity index is 2.46. The molecular weight excluding hydrogens is 254 g/mol. The molecule has 1 aromatic rings. The minimum Gasteiger partial charge on any atom is -0.469 e. The molecule has 1 rings (SSSR count). The van der Waals surface area contributed by atoms with Gasteiger partial charge in [-0.3, -0.25) is 4.79 Å². The Morgan fingerprint density at radius 2 is 1.95 bits per heavy atom. The fourth-order valence-electron chi connectivity index (χ4n) is 1.84. The molecule has 0 spiro atoms. The summed E-state index contributed by atoms with van der Waals surface area (Å²) in [5, 5.41) is 8.77. The van der Waals surface area contributed by atoms with Gasteiger partial charge in [0, 0.05) is 6.61 Å². The number of methoxy groups -OCH3 is 1. The second kappa shape index (κ2) is 7.66. The molecule has 0 radical (unpaired) electrons. The standard InChI is InChI=1S/C16H21NO3/c1-16(2,15(18)19-3)9-11-20-12-14-7-5-4-6-13(14)8-10-17/h4-7H,8-9,11-12H2,1-3H3. The van der Waals surface area contributed by atoms with E-state index in [2.05, 4.69) is 6.07 Å². The van der Waals surface area contributed by atoms with E-state index in [1.165, 1.54) is 7.11 Å². The molecule has 0 saturated heterocycles. The van der Waals surface area contributed by atoms with E-state index in [1.807, 2.05) is 38.1 Å². The van der Waals surface area contributed by atoms with E-state index in [4.69, 9.17) is 14.7 Å². The van der Waals surface area contributed by atoms with Gasteiger partial charge in [-0.05, 0) is 31.4 Å². The van der Waals surface area contributed by atoms with Crippen LogP contribution in [0.15, 0.2) is 24.3 Å². The highest BCUT2D eigenvalue weighted by Crippen LogP contribution is 2.22. The van der Waals surface area contributed by atoms with Crippen molar-refractivity contribution in [1.82, 2.24) is 0 Å². The number of hydrogen-bond donors (Lipinski definition) is 0. The Labute approximate surface area is 120 Å². The molecule has 0 saturated carbocycles. The van der Waals surface area contributed by atoms with E-state index < -0.39 is 5.41 Å². The molecule has 0 bridgehead atoms. The van der Waals surface area contributed by atoms with Crippen molar-refractivity contribution in [2.75, 3.05) is 13.7 Å². The van der Waals surface area contributed by atoms with Crippen LogP contribution >= 0.6 is 0 Å². The van der Waals surface area contributed by atoms with Crippen LogP contribution < -0.4 is 0 Å². The minimum atomic E-state index is -0.541. The minimum absolute atomic E-state index is 0.231. The Morgan fingerprint density at radius 3 is 2.55 bits per heavy atom. The smallest absolute Gasteiger partial charge is 0.311 e. The highest BCUT2D eigenvalue weighted by Gasteiger charge is 2.28. The molecule has 4 nitrogen and oxygen atoms in total. The lowest BCUT2D eigenvalue weighted by Gasteiger charge is -2.21. The first-order chi connectivity index (χ1) is 9.51. The van der Waals surface area contributed by atoms with Gasteiger partial charge >= 0.3 is 5.97 Å². The van der Waals surface area contributed by atoms with Gasteiger partial charge < -0.3 is 9.47 Å². The lowest BCUT2D eigenvalue weighted by molar-refractivity contribution is -0.151. The van der Waals surface area contributed by atoms with Gasteiger partial charge in [0.1, 0.15) is 0 Å². The number of nitrogens with zero attached hydrogens (tertiary/aromatic N) is 1. The van der Waals surface area contributed by atoms with Gasteiger partial charge in [-0.2, -0.15) is 5.26 Å². The molecule has 20 heavy (non-hydrogen) atoms. The number of hydrogen-bond acceptors (Lipinski definition) is 4. The summed E-state index contributed by atoms with van der Waals surface area (Å²) in [5.74, 6) is -0.231. The maximum atomic E-state index is 11.5. The number of rotatable bonds is 7. The first kappa shape index (κ1) is 16.2. The summed E-state index contributed by atoms with van der Waals surface area (Å²) in [6.07, 6.45) is 0.979. The van der Waals surface area contributed by atoms with Crippen molar-refractivity contribution >= 4 is 5.97 Å². The van der Waals surface area contributed by atoms with Crippen LogP contribution in [0.5, 0.6) is 0 Å². The largest absolute Gasteiger partial charge is 0.469 e. The lowest BCUT2D eigenvalue weighted by Crippen LogP contribution is -2.27. The van der Waals surface area contributed by atoms with E-state index in [0.29, 0.717) is 26.1 Å². The van der Waals surface area contributed by atoms with Gasteiger partial charge in [-0.1, -0.05) is 24.3 Å². The third kappa shape index (κ3) is 4.67. The monoisotopic (exact) mass is 275 g/mol. The molecule has 0 heterocycles. The van der Waals surface area contributed by atoms with Crippen LogP contribution in [0.25, 0.3) is 0 Å². The molecule has 0 N–H and O–H groups in total. The molecule has 0 aliphatic heterocycles. The van der Waals surface area contributed by atoms with Crippen LogP contribution in [-0.2, 0) is 27.3 Å². The van der Waals surface area contributed by atoms with Gasteiger partial charge in [-0.25, -0.2) is 0 Å². The Bertz CT molecular complexity index is 489. The Morgan fingerprint density at radius 1 is 1.30 bits per heavy atom. The van der Waals surface area contributed by atoms with Crippen molar-refractivity contribution in [3.05, 3.63) is 35.4 Å². The zero-order valence-electron chi connectivity index (χ0n) is 12.3. The van der Waals surface area contributed by atoms with Crippen LogP contribution in [0.4, 0.5) is 0 Å². The molecule has 1 aromatic carbocycles. The number of benzene rings is 1. The third-order valence-electron chi connectivity index (χ3n) is 3.25. The van der Waals surface area contributed by atoms with E-state index >= 15 is 0 Å². The fraction of sp³-hybridized carbons (Fsp3) is 0.500. The Hall–Kier alpha value is -1.86. The van der Waals surface area contributed by atoms with Crippen molar-refractivity contribution in [3.8, 4) is 6.07 Å². The summed E-state index contributed by atoms with van der Waals surface area (Å²) in [6, 6.07) is 9.87. The first-order valence-electron chi connectivity index (χ1n) is 6.61. The third-order valence-corrected chi connectivity index (χ3v) is 3.25. The maximum absolute atomic E-state index is 11.5. The van der Waals surface area contributed by atoms with Crippen molar-refractivity contribution in [2.45, 2.75) is 33.3 Å². The van der Waals surface area contributed by atoms with Crippen molar-refractivity contribution in [1.29, 1.82) is 5.26 Å². The number of carbonyl (C=O) groups is 1. The van der Waals surface area contributed by atoms with Gasteiger partial charge in [0.2, 0.25) is 0 Å².